The van der Waals surface area contributed by atoms with Crippen molar-refractivity contribution in [1.82, 2.24) is 10.2 Å². The van der Waals surface area contributed by atoms with E-state index in [2.05, 4.69) is 22.3 Å². The summed E-state index contributed by atoms with van der Waals surface area (Å²) in [5.41, 5.74) is 4.58. The van der Waals surface area contributed by atoms with Gasteiger partial charge in [-0.15, -0.1) is 0 Å². The van der Waals surface area contributed by atoms with E-state index in [4.69, 9.17) is 9.47 Å². The van der Waals surface area contributed by atoms with E-state index >= 15 is 0 Å². The lowest BCUT2D eigenvalue weighted by atomic mass is 10.1. The molecule has 2 aromatic carbocycles. The predicted octanol–water partition coefficient (Wildman–Crippen LogP) is 2.83. The van der Waals surface area contributed by atoms with Crippen molar-refractivity contribution in [3.8, 4) is 5.75 Å². The Hall–Kier alpha value is -2.37. The number of ether oxygens (including phenoxy) is 2. The molecule has 0 spiro atoms. The van der Waals surface area contributed by atoms with Crippen LogP contribution in [-0.2, 0) is 22.6 Å². The van der Waals surface area contributed by atoms with Crippen molar-refractivity contribution in [3.05, 3.63) is 64.7 Å². The zero-order valence-corrected chi connectivity index (χ0v) is 16.2. The lowest BCUT2D eigenvalue weighted by Crippen LogP contribution is -2.35. The number of carbonyl (C=O) groups excluding carboxylic acids is 1. The van der Waals surface area contributed by atoms with Gasteiger partial charge in [0.05, 0.1) is 13.2 Å². The highest BCUT2D eigenvalue weighted by Crippen LogP contribution is 2.18. The topological polar surface area (TPSA) is 50.8 Å². The molecule has 1 N–H and O–H groups in total. The zero-order valence-electron chi connectivity index (χ0n) is 16.2. The molecule has 0 aromatic heterocycles. The number of rotatable bonds is 7. The van der Waals surface area contributed by atoms with Gasteiger partial charge in [0, 0.05) is 26.2 Å². The lowest BCUT2D eigenvalue weighted by molar-refractivity contribution is -0.123. The fourth-order valence-electron chi connectivity index (χ4n) is 3.21. The highest BCUT2D eigenvalue weighted by Gasteiger charge is 2.11. The van der Waals surface area contributed by atoms with Crippen LogP contribution in [0.5, 0.6) is 5.75 Å². The van der Waals surface area contributed by atoms with Gasteiger partial charge in [-0.25, -0.2) is 0 Å². The van der Waals surface area contributed by atoms with Crippen LogP contribution in [-0.4, -0.2) is 43.7 Å². The summed E-state index contributed by atoms with van der Waals surface area (Å²) in [4.78, 5) is 14.5. The molecule has 0 radical (unpaired) electrons. The van der Waals surface area contributed by atoms with Crippen molar-refractivity contribution in [2.75, 3.05) is 32.9 Å². The molecule has 0 bridgehead atoms. The summed E-state index contributed by atoms with van der Waals surface area (Å²) in [5.74, 6) is 0.636. The van der Waals surface area contributed by atoms with Crippen molar-refractivity contribution >= 4 is 5.91 Å². The number of nitrogens with one attached hydrogen (secondary N) is 1. The molecule has 1 amide bonds. The monoisotopic (exact) mass is 368 g/mol. The number of nitrogens with zero attached hydrogens (tertiary/aromatic N) is 1. The first-order valence-corrected chi connectivity index (χ1v) is 9.45. The van der Waals surface area contributed by atoms with Crippen molar-refractivity contribution in [2.45, 2.75) is 26.9 Å². The average molecular weight is 368 g/mol. The first kappa shape index (κ1) is 19.4. The Morgan fingerprint density at radius 2 is 1.89 bits per heavy atom. The fourth-order valence-corrected chi connectivity index (χ4v) is 3.21. The molecule has 0 aliphatic carbocycles. The Labute approximate surface area is 161 Å². The SMILES string of the molecule is Cc1ccc(OCC(=O)NCc2cccc(CN3CCOCC3)c2)c(C)c1. The minimum Gasteiger partial charge on any atom is -0.484 e. The van der Waals surface area contributed by atoms with Crippen LogP contribution in [0, 0.1) is 13.8 Å². The summed E-state index contributed by atoms with van der Waals surface area (Å²) in [7, 11) is 0. The van der Waals surface area contributed by atoms with Crippen LogP contribution in [0.15, 0.2) is 42.5 Å². The van der Waals surface area contributed by atoms with Gasteiger partial charge in [0.1, 0.15) is 5.75 Å². The lowest BCUT2D eigenvalue weighted by Gasteiger charge is -2.26. The standard InChI is InChI=1S/C22H28N2O3/c1-17-6-7-21(18(2)12-17)27-16-22(25)23-14-19-4-3-5-20(13-19)15-24-8-10-26-11-9-24/h3-7,12-13H,8-11,14-16H2,1-2H3,(H,23,25). The molecule has 144 valence electrons. The smallest absolute Gasteiger partial charge is 0.258 e. The number of aryl methyl sites for hydroxylation is 2. The van der Waals surface area contributed by atoms with E-state index < -0.39 is 0 Å². The molecular weight excluding hydrogens is 340 g/mol. The van der Waals surface area contributed by atoms with Gasteiger partial charge in [-0.1, -0.05) is 42.0 Å². The van der Waals surface area contributed by atoms with E-state index in [9.17, 15) is 4.79 Å². The maximum atomic E-state index is 12.1. The summed E-state index contributed by atoms with van der Waals surface area (Å²) in [6, 6.07) is 14.3. The van der Waals surface area contributed by atoms with E-state index in [1.54, 1.807) is 0 Å². The number of morpholine rings is 1. The summed E-state index contributed by atoms with van der Waals surface area (Å²) in [6.45, 7) is 9.01. The van der Waals surface area contributed by atoms with Gasteiger partial charge in [0.15, 0.2) is 6.61 Å². The summed E-state index contributed by atoms with van der Waals surface area (Å²) in [6.07, 6.45) is 0. The number of hydrogen-bond acceptors (Lipinski definition) is 4. The Morgan fingerprint density at radius 1 is 1.11 bits per heavy atom. The minimum atomic E-state index is -0.117. The first-order chi connectivity index (χ1) is 13.1. The van der Waals surface area contributed by atoms with E-state index in [0.717, 1.165) is 49.7 Å². The maximum absolute atomic E-state index is 12.1. The third-order valence-electron chi connectivity index (χ3n) is 4.68. The fraction of sp³-hybridized carbons (Fsp3) is 0.409. The van der Waals surface area contributed by atoms with Crippen LogP contribution >= 0.6 is 0 Å². The molecular formula is C22H28N2O3. The normalized spacial score (nSPS) is 14.7. The molecule has 1 aliphatic heterocycles. The van der Waals surface area contributed by atoms with Gasteiger partial charge in [-0.05, 0) is 36.6 Å². The maximum Gasteiger partial charge on any atom is 0.258 e. The van der Waals surface area contributed by atoms with Gasteiger partial charge in [0.2, 0.25) is 0 Å². The summed E-state index contributed by atoms with van der Waals surface area (Å²) >= 11 is 0. The van der Waals surface area contributed by atoms with Gasteiger partial charge in [-0.2, -0.15) is 0 Å². The molecule has 1 heterocycles. The molecule has 27 heavy (non-hydrogen) atoms. The molecule has 0 atom stereocenters. The van der Waals surface area contributed by atoms with E-state index in [1.165, 1.54) is 11.1 Å². The highest BCUT2D eigenvalue weighted by molar-refractivity contribution is 5.77. The van der Waals surface area contributed by atoms with Crippen LogP contribution in [0.25, 0.3) is 0 Å². The van der Waals surface area contributed by atoms with Crippen molar-refractivity contribution in [1.29, 1.82) is 0 Å². The third-order valence-corrected chi connectivity index (χ3v) is 4.68. The minimum absolute atomic E-state index is 0.0252. The van der Waals surface area contributed by atoms with Crippen LogP contribution < -0.4 is 10.1 Å². The predicted molar refractivity (Wildman–Crippen MR) is 106 cm³/mol. The van der Waals surface area contributed by atoms with Gasteiger partial charge >= 0.3 is 0 Å². The second-order valence-electron chi connectivity index (χ2n) is 7.04. The summed E-state index contributed by atoms with van der Waals surface area (Å²) in [5, 5.41) is 2.93. The highest BCUT2D eigenvalue weighted by atomic mass is 16.5. The number of amides is 1. The molecule has 1 aliphatic rings. The first-order valence-electron chi connectivity index (χ1n) is 9.45. The summed E-state index contributed by atoms with van der Waals surface area (Å²) < 4.78 is 11.0. The Balaban J connectivity index is 1.46. The van der Waals surface area contributed by atoms with Gasteiger partial charge in [0.25, 0.3) is 5.91 Å². The molecule has 1 saturated heterocycles. The molecule has 5 heteroatoms. The molecule has 5 nitrogen and oxygen atoms in total. The third kappa shape index (κ3) is 6.08. The van der Waals surface area contributed by atoms with E-state index in [1.807, 2.05) is 44.2 Å². The van der Waals surface area contributed by atoms with Crippen LogP contribution in [0.2, 0.25) is 0 Å². The Bertz CT molecular complexity index is 770. The average Bonchev–Trinajstić information content (AvgIpc) is 2.67. The van der Waals surface area contributed by atoms with Crippen LogP contribution in [0.4, 0.5) is 0 Å². The van der Waals surface area contributed by atoms with Crippen molar-refractivity contribution in [2.24, 2.45) is 0 Å². The quantitative estimate of drug-likeness (QED) is 0.817. The second kappa shape index (κ2) is 9.53. The van der Waals surface area contributed by atoms with Gasteiger partial charge < -0.3 is 14.8 Å². The number of carbonyl (C=O) groups is 1. The van der Waals surface area contributed by atoms with Crippen LogP contribution in [0.1, 0.15) is 22.3 Å². The second-order valence-corrected chi connectivity index (χ2v) is 7.04. The largest absolute Gasteiger partial charge is 0.484 e. The van der Waals surface area contributed by atoms with Gasteiger partial charge in [-0.3, -0.25) is 9.69 Å². The molecule has 3 rings (SSSR count). The molecule has 1 fully saturated rings. The zero-order chi connectivity index (χ0) is 19.1. The van der Waals surface area contributed by atoms with Crippen molar-refractivity contribution in [3.63, 3.8) is 0 Å². The number of hydrogen-bond donors (Lipinski definition) is 1. The van der Waals surface area contributed by atoms with Crippen molar-refractivity contribution < 1.29 is 14.3 Å². The van der Waals surface area contributed by atoms with Crippen LogP contribution in [0.3, 0.4) is 0 Å². The van der Waals surface area contributed by atoms with E-state index in [0.29, 0.717) is 6.54 Å². The Kier molecular flexibility index (Phi) is 6.85. The molecule has 0 saturated carbocycles. The molecule has 0 unspecified atom stereocenters. The van der Waals surface area contributed by atoms with E-state index in [-0.39, 0.29) is 12.5 Å². The molecule has 2 aromatic rings. The Morgan fingerprint density at radius 3 is 2.67 bits per heavy atom. The number of benzene rings is 2.